The first-order valence-electron chi connectivity index (χ1n) is 4.33. The molecule has 0 aromatic carbocycles. The Balaban J connectivity index is 2.93. The molecule has 0 radical (unpaired) electrons. The van der Waals surface area contributed by atoms with Gasteiger partial charge in [-0.25, -0.2) is 9.78 Å². The Labute approximate surface area is 87.1 Å². The maximum absolute atomic E-state index is 10.6. The smallest absolute Gasteiger partial charge is 0.356 e. The second kappa shape index (κ2) is 4.98. The highest BCUT2D eigenvalue weighted by Crippen LogP contribution is 2.09. The molecule has 15 heavy (non-hydrogen) atoms. The minimum absolute atomic E-state index is 0.113. The third-order valence-corrected chi connectivity index (χ3v) is 1.62. The number of nitrogens with two attached hydrogens (primary N) is 2. The van der Waals surface area contributed by atoms with Crippen LogP contribution in [0.15, 0.2) is 12.3 Å². The van der Waals surface area contributed by atoms with Crippen LogP contribution in [0, 0.1) is 11.8 Å². The molecule has 0 bridgehead atoms. The number of nitrogens with zero attached hydrogens (tertiary/aromatic N) is 1. The summed E-state index contributed by atoms with van der Waals surface area (Å²) in [5.41, 5.74) is 11.3. The van der Waals surface area contributed by atoms with Crippen LogP contribution < -0.4 is 11.5 Å². The van der Waals surface area contributed by atoms with Crippen molar-refractivity contribution in [2.45, 2.75) is 6.42 Å². The largest absolute Gasteiger partial charge is 0.476 e. The van der Waals surface area contributed by atoms with Gasteiger partial charge < -0.3 is 16.6 Å². The Kier molecular flexibility index (Phi) is 3.66. The molecule has 1 aromatic rings. The molecule has 78 valence electrons. The summed E-state index contributed by atoms with van der Waals surface area (Å²) in [6.45, 7) is 0.489. The van der Waals surface area contributed by atoms with Gasteiger partial charge in [-0.15, -0.1) is 0 Å². The molecule has 0 fully saturated rings. The minimum Gasteiger partial charge on any atom is -0.476 e. The van der Waals surface area contributed by atoms with Crippen LogP contribution in [0.4, 0.5) is 5.69 Å². The van der Waals surface area contributed by atoms with Crippen LogP contribution in [-0.4, -0.2) is 22.6 Å². The lowest BCUT2D eigenvalue weighted by Gasteiger charge is -1.98. The van der Waals surface area contributed by atoms with E-state index in [4.69, 9.17) is 16.6 Å². The fourth-order valence-electron chi connectivity index (χ4n) is 0.966. The molecule has 1 heterocycles. The van der Waals surface area contributed by atoms with Gasteiger partial charge in [0.2, 0.25) is 0 Å². The van der Waals surface area contributed by atoms with Crippen LogP contribution in [0.5, 0.6) is 0 Å². The molecule has 5 heteroatoms. The first-order chi connectivity index (χ1) is 7.15. The van der Waals surface area contributed by atoms with Crippen molar-refractivity contribution in [1.29, 1.82) is 0 Å². The Morgan fingerprint density at radius 2 is 2.33 bits per heavy atom. The molecule has 0 aliphatic heterocycles. The van der Waals surface area contributed by atoms with E-state index < -0.39 is 5.97 Å². The highest BCUT2D eigenvalue weighted by molar-refractivity contribution is 5.91. The molecule has 0 amide bonds. The average Bonchev–Trinajstić information content (AvgIpc) is 2.17. The van der Waals surface area contributed by atoms with Gasteiger partial charge in [-0.05, 0) is 6.07 Å². The number of rotatable bonds is 2. The lowest BCUT2D eigenvalue weighted by molar-refractivity contribution is 0.0692. The molecule has 0 unspecified atom stereocenters. The number of hydrogen-bond donors (Lipinski definition) is 3. The number of hydrogen-bond acceptors (Lipinski definition) is 4. The van der Waals surface area contributed by atoms with Gasteiger partial charge in [0.05, 0.1) is 5.69 Å². The summed E-state index contributed by atoms with van der Waals surface area (Å²) in [5, 5.41) is 8.68. The van der Waals surface area contributed by atoms with Crippen LogP contribution in [0.2, 0.25) is 0 Å². The quantitative estimate of drug-likeness (QED) is 0.592. The third kappa shape index (κ3) is 2.97. The van der Waals surface area contributed by atoms with Crippen molar-refractivity contribution in [1.82, 2.24) is 4.98 Å². The SMILES string of the molecule is NCCC#Cc1cnc(C(=O)O)c(N)c1. The molecule has 5 N–H and O–H groups in total. The third-order valence-electron chi connectivity index (χ3n) is 1.62. The average molecular weight is 205 g/mol. The highest BCUT2D eigenvalue weighted by Gasteiger charge is 2.08. The normalized spacial score (nSPS) is 9.13. The summed E-state index contributed by atoms with van der Waals surface area (Å²) >= 11 is 0. The van der Waals surface area contributed by atoms with Crippen molar-refractivity contribution in [2.75, 3.05) is 12.3 Å². The van der Waals surface area contributed by atoms with E-state index in [1.165, 1.54) is 12.3 Å². The minimum atomic E-state index is -1.14. The van der Waals surface area contributed by atoms with E-state index in [2.05, 4.69) is 16.8 Å². The molecule has 1 aromatic heterocycles. The predicted octanol–water partition coefficient (Wildman–Crippen LogP) is 0.0623. The van der Waals surface area contributed by atoms with E-state index in [1.807, 2.05) is 0 Å². The summed E-state index contributed by atoms with van der Waals surface area (Å²) < 4.78 is 0. The van der Waals surface area contributed by atoms with E-state index in [1.54, 1.807) is 0 Å². The number of aromatic carboxylic acids is 1. The van der Waals surface area contributed by atoms with Gasteiger partial charge in [0.15, 0.2) is 5.69 Å². The first kappa shape index (κ1) is 11.0. The Hall–Kier alpha value is -2.06. The van der Waals surface area contributed by atoms with Gasteiger partial charge in [-0.3, -0.25) is 0 Å². The van der Waals surface area contributed by atoms with Crippen LogP contribution in [-0.2, 0) is 0 Å². The molecule has 0 saturated carbocycles. The van der Waals surface area contributed by atoms with Crippen LogP contribution in [0.1, 0.15) is 22.5 Å². The van der Waals surface area contributed by atoms with Crippen molar-refractivity contribution >= 4 is 11.7 Å². The number of pyridine rings is 1. The molecule has 0 saturated heterocycles. The topological polar surface area (TPSA) is 102 Å². The fourth-order valence-corrected chi connectivity index (χ4v) is 0.966. The van der Waals surface area contributed by atoms with E-state index in [0.29, 0.717) is 18.5 Å². The van der Waals surface area contributed by atoms with Crippen LogP contribution in [0.3, 0.4) is 0 Å². The first-order valence-corrected chi connectivity index (χ1v) is 4.33. The monoisotopic (exact) mass is 205 g/mol. The number of carboxylic acids is 1. The maximum atomic E-state index is 10.6. The van der Waals surface area contributed by atoms with Gasteiger partial charge in [0.25, 0.3) is 0 Å². The zero-order valence-corrected chi connectivity index (χ0v) is 8.03. The number of aromatic nitrogens is 1. The molecular formula is C10H11N3O2. The van der Waals surface area contributed by atoms with E-state index in [0.717, 1.165) is 0 Å². The summed E-state index contributed by atoms with van der Waals surface area (Å²) in [4.78, 5) is 14.3. The highest BCUT2D eigenvalue weighted by atomic mass is 16.4. The standard InChI is InChI=1S/C10H11N3O2/c11-4-2-1-3-7-5-8(12)9(10(14)15)13-6-7/h5-6H,2,4,11-12H2,(H,14,15). The number of nitrogen functional groups attached to an aromatic ring is 1. The van der Waals surface area contributed by atoms with Gasteiger partial charge in [0, 0.05) is 24.7 Å². The molecule has 0 aliphatic carbocycles. The van der Waals surface area contributed by atoms with Gasteiger partial charge in [0.1, 0.15) is 0 Å². The zero-order valence-electron chi connectivity index (χ0n) is 8.03. The Morgan fingerprint density at radius 1 is 1.60 bits per heavy atom. The maximum Gasteiger partial charge on any atom is 0.356 e. The number of carbonyl (C=O) groups is 1. The lowest BCUT2D eigenvalue weighted by atomic mass is 10.2. The lowest BCUT2D eigenvalue weighted by Crippen LogP contribution is -2.05. The summed E-state index contributed by atoms with van der Waals surface area (Å²) in [5.74, 6) is 4.45. The fraction of sp³-hybridized carbons (Fsp3) is 0.200. The number of carboxylic acid groups (broad SMARTS) is 1. The molecular weight excluding hydrogens is 194 g/mol. The summed E-state index contributed by atoms with van der Waals surface area (Å²) in [6, 6.07) is 1.49. The van der Waals surface area contributed by atoms with Crippen molar-refractivity contribution in [3.63, 3.8) is 0 Å². The van der Waals surface area contributed by atoms with Crippen molar-refractivity contribution < 1.29 is 9.90 Å². The van der Waals surface area contributed by atoms with E-state index in [-0.39, 0.29) is 11.4 Å². The summed E-state index contributed by atoms with van der Waals surface area (Å²) in [7, 11) is 0. The van der Waals surface area contributed by atoms with Crippen LogP contribution >= 0.6 is 0 Å². The second-order valence-electron chi connectivity index (χ2n) is 2.81. The Morgan fingerprint density at radius 3 is 2.87 bits per heavy atom. The molecule has 1 rings (SSSR count). The van der Waals surface area contributed by atoms with E-state index in [9.17, 15) is 4.79 Å². The molecule has 5 nitrogen and oxygen atoms in total. The summed E-state index contributed by atoms with van der Waals surface area (Å²) in [6.07, 6.45) is 1.96. The Bertz CT molecular complexity index is 432. The van der Waals surface area contributed by atoms with Gasteiger partial charge in [-0.2, -0.15) is 0 Å². The van der Waals surface area contributed by atoms with Gasteiger partial charge >= 0.3 is 5.97 Å². The van der Waals surface area contributed by atoms with Gasteiger partial charge in [-0.1, -0.05) is 11.8 Å². The number of anilines is 1. The van der Waals surface area contributed by atoms with Crippen molar-refractivity contribution in [3.8, 4) is 11.8 Å². The van der Waals surface area contributed by atoms with E-state index >= 15 is 0 Å². The van der Waals surface area contributed by atoms with Crippen molar-refractivity contribution in [3.05, 3.63) is 23.5 Å². The molecule has 0 atom stereocenters. The zero-order chi connectivity index (χ0) is 11.3. The second-order valence-corrected chi connectivity index (χ2v) is 2.81. The molecule has 0 aliphatic rings. The molecule has 0 spiro atoms. The predicted molar refractivity (Wildman–Crippen MR) is 56.2 cm³/mol. The van der Waals surface area contributed by atoms with Crippen molar-refractivity contribution in [2.24, 2.45) is 5.73 Å². The van der Waals surface area contributed by atoms with Crippen LogP contribution in [0.25, 0.3) is 0 Å².